The summed E-state index contributed by atoms with van der Waals surface area (Å²) in [6.45, 7) is 4.31. The van der Waals surface area contributed by atoms with Gasteiger partial charge in [-0.1, -0.05) is 36.9 Å². The standard InChI is InChI=1S/C27H25N7O2/c1-2-22(35)33-14-18-12-20(33)13-21(18)34-26-23(25(28)29-15-30-26)24(32-34)16-8-10-17(11-9-16)27(36)31-19-6-4-3-5-7-19/h2-11,15,18,20-21H,1,12-14H2,(H,31,36)(H2,28,29,30). The van der Waals surface area contributed by atoms with Gasteiger partial charge in [0.2, 0.25) is 5.91 Å². The van der Waals surface area contributed by atoms with E-state index in [1.54, 1.807) is 12.1 Å². The fraction of sp³-hybridized carbons (Fsp3) is 0.222. The molecule has 180 valence electrons. The highest BCUT2D eigenvalue weighted by atomic mass is 16.2. The SMILES string of the molecule is C=CC(=O)N1CC2CC1CC2n1nc(-c2ccc(C(=O)Nc3ccccc3)cc2)c2c(N)ncnc21. The van der Waals surface area contributed by atoms with Crippen molar-refractivity contribution < 1.29 is 9.59 Å². The molecular formula is C27H25N7O2. The lowest BCUT2D eigenvalue weighted by Gasteiger charge is -2.31. The van der Waals surface area contributed by atoms with E-state index in [-0.39, 0.29) is 29.8 Å². The van der Waals surface area contributed by atoms with Crippen LogP contribution in [0.4, 0.5) is 11.5 Å². The van der Waals surface area contributed by atoms with Crippen LogP contribution >= 0.6 is 0 Å². The van der Waals surface area contributed by atoms with Gasteiger partial charge >= 0.3 is 0 Å². The second-order valence-electron chi connectivity index (χ2n) is 9.30. The van der Waals surface area contributed by atoms with Crippen molar-refractivity contribution in [2.24, 2.45) is 5.92 Å². The second kappa shape index (κ2) is 8.60. The summed E-state index contributed by atoms with van der Waals surface area (Å²) in [6, 6.07) is 16.9. The summed E-state index contributed by atoms with van der Waals surface area (Å²) >= 11 is 0. The third-order valence-corrected chi connectivity index (χ3v) is 7.25. The van der Waals surface area contributed by atoms with Crippen molar-refractivity contribution in [3.8, 4) is 11.3 Å². The lowest BCUT2D eigenvalue weighted by atomic mass is 10.0. The molecule has 3 heterocycles. The number of benzene rings is 2. The Kier molecular flexibility index (Phi) is 5.25. The highest BCUT2D eigenvalue weighted by Crippen LogP contribution is 2.46. The summed E-state index contributed by atoms with van der Waals surface area (Å²) < 4.78 is 1.96. The van der Waals surface area contributed by atoms with E-state index >= 15 is 0 Å². The number of para-hydroxylation sites is 1. The fourth-order valence-corrected chi connectivity index (χ4v) is 5.55. The van der Waals surface area contributed by atoms with Crippen LogP contribution in [0.15, 0.2) is 73.6 Å². The van der Waals surface area contributed by atoms with Crippen molar-refractivity contribution in [1.82, 2.24) is 24.6 Å². The number of piperidine rings is 1. The predicted molar refractivity (Wildman–Crippen MR) is 137 cm³/mol. The number of nitrogens with zero attached hydrogens (tertiary/aromatic N) is 5. The van der Waals surface area contributed by atoms with Crippen molar-refractivity contribution in [3.05, 3.63) is 79.1 Å². The molecule has 1 aliphatic heterocycles. The Morgan fingerprint density at radius 1 is 1.06 bits per heavy atom. The van der Waals surface area contributed by atoms with E-state index in [2.05, 4.69) is 21.9 Å². The predicted octanol–water partition coefficient (Wildman–Crippen LogP) is 3.68. The van der Waals surface area contributed by atoms with Crippen molar-refractivity contribution >= 4 is 34.4 Å². The van der Waals surface area contributed by atoms with Crippen LogP contribution in [0.25, 0.3) is 22.3 Å². The molecule has 1 saturated heterocycles. The van der Waals surface area contributed by atoms with Crippen LogP contribution in [0.3, 0.4) is 0 Å². The molecular weight excluding hydrogens is 454 g/mol. The zero-order chi connectivity index (χ0) is 24.8. The zero-order valence-electron chi connectivity index (χ0n) is 19.5. The first-order valence-corrected chi connectivity index (χ1v) is 11.9. The van der Waals surface area contributed by atoms with E-state index in [9.17, 15) is 9.59 Å². The zero-order valence-corrected chi connectivity index (χ0v) is 19.5. The molecule has 2 fully saturated rings. The maximum absolute atomic E-state index is 12.7. The van der Waals surface area contributed by atoms with Gasteiger partial charge in [-0.3, -0.25) is 9.59 Å². The number of anilines is 2. The van der Waals surface area contributed by atoms with E-state index in [0.29, 0.717) is 34.7 Å². The number of amides is 2. The smallest absolute Gasteiger partial charge is 0.255 e. The second-order valence-corrected chi connectivity index (χ2v) is 9.30. The van der Waals surface area contributed by atoms with E-state index in [4.69, 9.17) is 10.8 Å². The number of hydrogen-bond donors (Lipinski definition) is 2. The van der Waals surface area contributed by atoms with Crippen LogP contribution in [0, 0.1) is 5.92 Å². The number of carbonyl (C=O) groups excluding carboxylic acids is 2. The third kappa shape index (κ3) is 3.60. The Morgan fingerprint density at radius 2 is 1.83 bits per heavy atom. The van der Waals surface area contributed by atoms with Gasteiger partial charge in [0, 0.05) is 35.3 Å². The molecule has 0 spiro atoms. The largest absolute Gasteiger partial charge is 0.383 e. The number of nitrogen functional groups attached to an aromatic ring is 1. The van der Waals surface area contributed by atoms with Gasteiger partial charge in [0.05, 0.1) is 11.4 Å². The van der Waals surface area contributed by atoms with Gasteiger partial charge in [-0.15, -0.1) is 0 Å². The first-order valence-electron chi connectivity index (χ1n) is 11.9. The highest BCUT2D eigenvalue weighted by Gasteiger charge is 2.47. The van der Waals surface area contributed by atoms with Crippen LogP contribution in [-0.2, 0) is 4.79 Å². The highest BCUT2D eigenvalue weighted by molar-refractivity contribution is 6.05. The molecule has 3 atom stereocenters. The Balaban J connectivity index is 1.31. The van der Waals surface area contributed by atoms with Crippen molar-refractivity contribution in [2.75, 3.05) is 17.6 Å². The molecule has 0 radical (unpaired) electrons. The third-order valence-electron chi connectivity index (χ3n) is 7.25. The number of nitrogens with one attached hydrogen (secondary N) is 1. The van der Waals surface area contributed by atoms with Crippen molar-refractivity contribution in [1.29, 1.82) is 0 Å². The van der Waals surface area contributed by atoms with E-state index in [1.165, 1.54) is 12.4 Å². The Labute approximate surface area is 207 Å². The number of likely N-dealkylation sites (tertiary alicyclic amines) is 1. The van der Waals surface area contributed by atoms with Gasteiger partial charge in [0.15, 0.2) is 5.65 Å². The van der Waals surface area contributed by atoms with Crippen LogP contribution in [0.5, 0.6) is 0 Å². The molecule has 1 aliphatic carbocycles. The Bertz CT molecular complexity index is 1480. The van der Waals surface area contributed by atoms with Gasteiger partial charge < -0.3 is 16.0 Å². The number of nitrogens with two attached hydrogens (primary N) is 1. The average molecular weight is 480 g/mol. The van der Waals surface area contributed by atoms with E-state index in [1.807, 2.05) is 52.0 Å². The number of hydrogen-bond acceptors (Lipinski definition) is 6. The fourth-order valence-electron chi connectivity index (χ4n) is 5.55. The van der Waals surface area contributed by atoms with Crippen LogP contribution in [0.2, 0.25) is 0 Å². The molecule has 4 aromatic rings. The average Bonchev–Trinajstić information content (AvgIpc) is 3.62. The summed E-state index contributed by atoms with van der Waals surface area (Å²) in [5.74, 6) is 0.440. The number of aromatic nitrogens is 4. The van der Waals surface area contributed by atoms with Crippen LogP contribution in [-0.4, -0.2) is 49.0 Å². The molecule has 3 unspecified atom stereocenters. The van der Waals surface area contributed by atoms with E-state index < -0.39 is 0 Å². The summed E-state index contributed by atoms with van der Waals surface area (Å²) in [6.07, 6.45) is 4.59. The summed E-state index contributed by atoms with van der Waals surface area (Å²) in [7, 11) is 0. The Hall–Kier alpha value is -4.53. The van der Waals surface area contributed by atoms with E-state index in [0.717, 1.165) is 24.1 Å². The lowest BCUT2D eigenvalue weighted by molar-refractivity contribution is -0.127. The monoisotopic (exact) mass is 479 g/mol. The first kappa shape index (κ1) is 22.0. The van der Waals surface area contributed by atoms with Crippen molar-refractivity contribution in [2.45, 2.75) is 24.9 Å². The van der Waals surface area contributed by atoms with Gasteiger partial charge in [-0.05, 0) is 43.2 Å². The topological polar surface area (TPSA) is 119 Å². The summed E-state index contributed by atoms with van der Waals surface area (Å²) in [5.41, 5.74) is 9.75. The minimum Gasteiger partial charge on any atom is -0.383 e. The number of carbonyl (C=O) groups is 2. The maximum atomic E-state index is 12.7. The number of rotatable bonds is 5. The molecule has 3 N–H and O–H groups in total. The number of fused-ring (bicyclic) bond motifs is 3. The summed E-state index contributed by atoms with van der Waals surface area (Å²) in [5, 5.41) is 8.55. The minimum absolute atomic E-state index is 0.0186. The molecule has 2 aromatic carbocycles. The van der Waals surface area contributed by atoms with Gasteiger partial charge in [-0.2, -0.15) is 5.10 Å². The maximum Gasteiger partial charge on any atom is 0.255 e. The minimum atomic E-state index is -0.188. The molecule has 2 aliphatic rings. The van der Waals surface area contributed by atoms with Gasteiger partial charge in [-0.25, -0.2) is 14.6 Å². The first-order chi connectivity index (χ1) is 17.5. The lowest BCUT2D eigenvalue weighted by Crippen LogP contribution is -2.39. The Morgan fingerprint density at radius 3 is 2.53 bits per heavy atom. The van der Waals surface area contributed by atoms with Crippen molar-refractivity contribution in [3.63, 3.8) is 0 Å². The molecule has 9 heteroatoms. The normalized spacial score (nSPS) is 20.6. The van der Waals surface area contributed by atoms with Crippen LogP contribution in [0.1, 0.15) is 29.2 Å². The molecule has 2 amide bonds. The molecule has 2 aromatic heterocycles. The molecule has 9 nitrogen and oxygen atoms in total. The van der Waals surface area contributed by atoms with Gasteiger partial charge in [0.25, 0.3) is 5.91 Å². The van der Waals surface area contributed by atoms with Crippen LogP contribution < -0.4 is 11.1 Å². The molecule has 36 heavy (non-hydrogen) atoms. The molecule has 2 bridgehead atoms. The van der Waals surface area contributed by atoms with Gasteiger partial charge in [0.1, 0.15) is 17.8 Å². The molecule has 1 saturated carbocycles. The summed E-state index contributed by atoms with van der Waals surface area (Å²) in [4.78, 5) is 35.5. The molecule has 6 rings (SSSR count). The quantitative estimate of drug-likeness (QED) is 0.422.